The van der Waals surface area contributed by atoms with Gasteiger partial charge in [0, 0.05) is 51.0 Å². The summed E-state index contributed by atoms with van der Waals surface area (Å²) in [6.07, 6.45) is 2.47. The third kappa shape index (κ3) is 3.31. The predicted molar refractivity (Wildman–Crippen MR) is 90.9 cm³/mol. The first-order chi connectivity index (χ1) is 10.7. The number of nitrogens with zero attached hydrogens (tertiary/aromatic N) is 4. The summed E-state index contributed by atoms with van der Waals surface area (Å²) in [5.41, 5.74) is 2.92. The van der Waals surface area contributed by atoms with Gasteiger partial charge in [-0.25, -0.2) is 0 Å². The highest BCUT2D eigenvalue weighted by atomic mass is 16.3. The summed E-state index contributed by atoms with van der Waals surface area (Å²) in [6, 6.07) is 6.49. The zero-order chi connectivity index (χ0) is 15.5. The number of rotatable bonds is 3. The number of hydrogen-bond acceptors (Lipinski definition) is 5. The topological polar surface area (TPSA) is 39.2 Å². The molecule has 22 heavy (non-hydrogen) atoms. The molecule has 2 fully saturated rings. The van der Waals surface area contributed by atoms with Gasteiger partial charge in [-0.2, -0.15) is 0 Å². The number of anilines is 1. The second-order valence-electron chi connectivity index (χ2n) is 6.62. The van der Waals surface area contributed by atoms with Gasteiger partial charge in [-0.3, -0.25) is 4.90 Å². The molecule has 0 spiro atoms. The molecule has 2 saturated heterocycles. The molecule has 0 radical (unpaired) electrons. The molecule has 2 aliphatic rings. The third-order valence-electron chi connectivity index (χ3n) is 5.15. The number of nitroso groups, excluding NO2 is 1. The Balaban J connectivity index is 1.58. The molecule has 1 aromatic rings. The third-order valence-corrected chi connectivity index (χ3v) is 5.15. The van der Waals surface area contributed by atoms with E-state index in [9.17, 15) is 4.91 Å². The van der Waals surface area contributed by atoms with E-state index in [4.69, 9.17) is 0 Å². The van der Waals surface area contributed by atoms with E-state index in [1.165, 1.54) is 44.7 Å². The Kier molecular flexibility index (Phi) is 4.74. The molecule has 0 bridgehead atoms. The first kappa shape index (κ1) is 15.4. The van der Waals surface area contributed by atoms with Crippen LogP contribution in [0.25, 0.3) is 0 Å². The Hall–Kier alpha value is -1.46. The molecule has 3 rings (SSSR count). The number of piperidine rings is 1. The van der Waals surface area contributed by atoms with Crippen LogP contribution in [0.15, 0.2) is 23.4 Å². The first-order valence-electron chi connectivity index (χ1n) is 8.29. The van der Waals surface area contributed by atoms with E-state index >= 15 is 0 Å². The minimum Gasteiger partial charge on any atom is -0.371 e. The average molecular weight is 302 g/mol. The zero-order valence-corrected chi connectivity index (χ0v) is 13.7. The second-order valence-corrected chi connectivity index (χ2v) is 6.62. The molecule has 0 N–H and O–H groups in total. The van der Waals surface area contributed by atoms with E-state index in [-0.39, 0.29) is 0 Å². The van der Waals surface area contributed by atoms with Crippen molar-refractivity contribution in [2.45, 2.75) is 25.8 Å². The molecule has 2 aliphatic heterocycles. The Bertz CT molecular complexity index is 517. The lowest BCUT2D eigenvalue weighted by Crippen LogP contribution is -2.52. The fourth-order valence-electron chi connectivity index (χ4n) is 3.71. The molecule has 2 heterocycles. The Morgan fingerprint density at radius 2 is 1.73 bits per heavy atom. The predicted octanol–water partition coefficient (Wildman–Crippen LogP) is 2.61. The van der Waals surface area contributed by atoms with Crippen molar-refractivity contribution in [3.63, 3.8) is 0 Å². The lowest BCUT2D eigenvalue weighted by Gasteiger charge is -2.42. The summed E-state index contributed by atoms with van der Waals surface area (Å²) in [5.74, 6) is 0. The molecule has 0 saturated carbocycles. The van der Waals surface area contributed by atoms with Crippen molar-refractivity contribution in [1.29, 1.82) is 0 Å². The van der Waals surface area contributed by atoms with Crippen LogP contribution in [0.3, 0.4) is 0 Å². The average Bonchev–Trinajstić information content (AvgIpc) is 2.56. The Morgan fingerprint density at radius 3 is 2.32 bits per heavy atom. The molecule has 0 atom stereocenters. The van der Waals surface area contributed by atoms with Gasteiger partial charge in [-0.1, -0.05) is 0 Å². The largest absolute Gasteiger partial charge is 0.371 e. The van der Waals surface area contributed by atoms with Crippen LogP contribution in [0.2, 0.25) is 0 Å². The molecule has 120 valence electrons. The zero-order valence-electron chi connectivity index (χ0n) is 13.7. The van der Waals surface area contributed by atoms with E-state index < -0.39 is 0 Å². The van der Waals surface area contributed by atoms with Crippen molar-refractivity contribution in [3.05, 3.63) is 28.7 Å². The van der Waals surface area contributed by atoms with Crippen molar-refractivity contribution in [1.82, 2.24) is 9.80 Å². The number of piperazine rings is 1. The highest BCUT2D eigenvalue weighted by Gasteiger charge is 2.27. The quantitative estimate of drug-likeness (QED) is 0.805. The standard InChI is InChI=1S/C17H26N4O/c1-14-13-15(18-22)3-4-17(14)21-7-5-16(6-8-21)20-11-9-19(2)10-12-20/h3-4,13,16H,5-12H2,1-2H3. The van der Waals surface area contributed by atoms with Crippen LogP contribution in [0.5, 0.6) is 0 Å². The summed E-state index contributed by atoms with van der Waals surface area (Å²) >= 11 is 0. The monoisotopic (exact) mass is 302 g/mol. The molecule has 0 amide bonds. The molecular weight excluding hydrogens is 276 g/mol. The van der Waals surface area contributed by atoms with Crippen LogP contribution in [0, 0.1) is 11.8 Å². The van der Waals surface area contributed by atoms with Crippen molar-refractivity contribution < 1.29 is 0 Å². The highest BCUT2D eigenvalue weighted by molar-refractivity contribution is 5.59. The first-order valence-corrected chi connectivity index (χ1v) is 8.29. The number of likely N-dealkylation sites (N-methyl/N-ethyl adjacent to an activating group) is 1. The van der Waals surface area contributed by atoms with Gasteiger partial charge in [0.25, 0.3) is 0 Å². The minimum atomic E-state index is 0.522. The van der Waals surface area contributed by atoms with Crippen LogP contribution in [0.1, 0.15) is 18.4 Å². The maximum absolute atomic E-state index is 10.6. The van der Waals surface area contributed by atoms with Crippen LogP contribution in [0.4, 0.5) is 11.4 Å². The molecule has 0 unspecified atom stereocenters. The summed E-state index contributed by atoms with van der Waals surface area (Å²) in [6.45, 7) is 9.08. The molecule has 5 heteroatoms. The molecular formula is C17H26N4O. The molecule has 1 aromatic carbocycles. The van der Waals surface area contributed by atoms with Gasteiger partial charge in [0.05, 0.1) is 0 Å². The van der Waals surface area contributed by atoms with Crippen LogP contribution in [-0.2, 0) is 0 Å². The lowest BCUT2D eigenvalue weighted by atomic mass is 10.0. The van der Waals surface area contributed by atoms with Crippen molar-refractivity contribution >= 4 is 11.4 Å². The SMILES string of the molecule is Cc1cc(N=O)ccc1N1CCC(N2CCN(C)CC2)CC1. The minimum absolute atomic E-state index is 0.522. The maximum atomic E-state index is 10.6. The Labute approximate surface area is 132 Å². The van der Waals surface area contributed by atoms with E-state index in [2.05, 4.69) is 33.8 Å². The van der Waals surface area contributed by atoms with Crippen LogP contribution >= 0.6 is 0 Å². The molecule has 0 aliphatic carbocycles. The lowest BCUT2D eigenvalue weighted by molar-refractivity contribution is 0.0982. The molecule has 5 nitrogen and oxygen atoms in total. The van der Waals surface area contributed by atoms with Crippen molar-refractivity contribution in [2.24, 2.45) is 5.18 Å². The summed E-state index contributed by atoms with van der Waals surface area (Å²) in [7, 11) is 2.21. The van der Waals surface area contributed by atoms with Gasteiger partial charge < -0.3 is 9.80 Å². The van der Waals surface area contributed by atoms with Gasteiger partial charge in [0.15, 0.2) is 0 Å². The van der Waals surface area contributed by atoms with E-state index in [0.717, 1.165) is 24.7 Å². The molecule has 0 aromatic heterocycles. The van der Waals surface area contributed by atoms with Gasteiger partial charge in [-0.05, 0) is 55.8 Å². The van der Waals surface area contributed by atoms with Crippen molar-refractivity contribution in [3.8, 4) is 0 Å². The summed E-state index contributed by atoms with van der Waals surface area (Å²) in [4.78, 5) is 18.2. The van der Waals surface area contributed by atoms with Gasteiger partial charge in [0.1, 0.15) is 5.69 Å². The summed E-state index contributed by atoms with van der Waals surface area (Å²) < 4.78 is 0. The van der Waals surface area contributed by atoms with E-state index in [1.807, 2.05) is 18.2 Å². The second kappa shape index (κ2) is 6.75. The smallest absolute Gasteiger partial charge is 0.108 e. The number of benzene rings is 1. The fourth-order valence-corrected chi connectivity index (χ4v) is 3.71. The Morgan fingerprint density at radius 1 is 1.05 bits per heavy atom. The van der Waals surface area contributed by atoms with Crippen molar-refractivity contribution in [2.75, 3.05) is 51.2 Å². The van der Waals surface area contributed by atoms with Gasteiger partial charge >= 0.3 is 0 Å². The fraction of sp³-hybridized carbons (Fsp3) is 0.647. The van der Waals surface area contributed by atoms with Gasteiger partial charge in [-0.15, -0.1) is 4.91 Å². The maximum Gasteiger partial charge on any atom is 0.108 e. The van der Waals surface area contributed by atoms with Gasteiger partial charge in [0.2, 0.25) is 0 Å². The normalized spacial score (nSPS) is 22.0. The van der Waals surface area contributed by atoms with E-state index in [1.54, 1.807) is 0 Å². The highest BCUT2D eigenvalue weighted by Crippen LogP contribution is 2.28. The van der Waals surface area contributed by atoms with E-state index in [0.29, 0.717) is 5.69 Å². The number of hydrogen-bond donors (Lipinski definition) is 0. The van der Waals surface area contributed by atoms with Crippen LogP contribution in [-0.4, -0.2) is 62.2 Å². The number of aryl methyl sites for hydroxylation is 1. The van der Waals surface area contributed by atoms with Crippen LogP contribution < -0.4 is 4.90 Å². The summed E-state index contributed by atoms with van der Waals surface area (Å²) in [5, 5.41) is 3.02.